The van der Waals surface area contributed by atoms with Crippen LogP contribution in [0.15, 0.2) is 72.8 Å². The molecule has 1 unspecified atom stereocenters. The molecule has 2 rings (SSSR count). The van der Waals surface area contributed by atoms with Crippen molar-refractivity contribution in [3.63, 3.8) is 0 Å². The van der Waals surface area contributed by atoms with Gasteiger partial charge in [0.25, 0.3) is 0 Å². The summed E-state index contributed by atoms with van der Waals surface area (Å²) < 4.78 is 5.83. The van der Waals surface area contributed by atoms with Crippen molar-refractivity contribution in [3.8, 4) is 0 Å². The van der Waals surface area contributed by atoms with Crippen molar-refractivity contribution in [1.29, 1.82) is 0 Å². The predicted molar refractivity (Wildman–Crippen MR) is 98.6 cm³/mol. The summed E-state index contributed by atoms with van der Waals surface area (Å²) in [5.74, 6) is -0.316. The van der Waals surface area contributed by atoms with Crippen LogP contribution in [0.2, 0.25) is 0 Å². The summed E-state index contributed by atoms with van der Waals surface area (Å²) in [5.41, 5.74) is 2.83. The minimum atomic E-state index is -0.316. The summed E-state index contributed by atoms with van der Waals surface area (Å²) >= 11 is 0. The molecule has 2 aromatic carbocycles. The van der Waals surface area contributed by atoms with Crippen molar-refractivity contribution in [3.05, 3.63) is 83.9 Å². The molecule has 0 fully saturated rings. The molecule has 0 heterocycles. The lowest BCUT2D eigenvalue weighted by molar-refractivity contribution is -0.145. The summed E-state index contributed by atoms with van der Waals surface area (Å²) in [5, 5.41) is -0.275. The zero-order chi connectivity index (χ0) is 16.9. The first kappa shape index (κ1) is 17.2. The number of benzene rings is 2. The van der Waals surface area contributed by atoms with Crippen LogP contribution in [0.5, 0.6) is 0 Å². The van der Waals surface area contributed by atoms with Crippen molar-refractivity contribution < 1.29 is 9.53 Å². The van der Waals surface area contributed by atoms with Gasteiger partial charge in [0.15, 0.2) is 0 Å². The van der Waals surface area contributed by atoms with Gasteiger partial charge in [-0.3, -0.25) is 0 Å². The number of carbonyl (C=O) groups excluding carboxylic acids is 1. The van der Waals surface area contributed by atoms with Crippen LogP contribution in [0.3, 0.4) is 0 Å². The molecule has 0 radical (unpaired) electrons. The number of rotatable bonds is 6. The zero-order valence-corrected chi connectivity index (χ0v) is 16.1. The largest absolute Gasteiger partial charge is 0.458 e. The van der Waals surface area contributed by atoms with Crippen LogP contribution < -0.4 is 0 Å². The number of hydrogen-bond donors (Lipinski definition) is 0. The van der Waals surface area contributed by atoms with Gasteiger partial charge in [-0.25, -0.2) is 4.79 Å². The second kappa shape index (κ2) is 7.42. The Bertz CT molecular complexity index is 625. The fourth-order valence-corrected chi connectivity index (χ4v) is 4.14. The second-order valence-corrected chi connectivity index (χ2v) is 7.59. The van der Waals surface area contributed by atoms with Crippen molar-refractivity contribution in [1.82, 2.24) is 0 Å². The number of esters is 1. The Balaban J connectivity index is 2.53. The Morgan fingerprint density at radius 2 is 1.52 bits per heavy atom. The first-order valence-electron chi connectivity index (χ1n) is 7.97. The highest BCUT2D eigenvalue weighted by atomic mass is 28.1. The lowest BCUT2D eigenvalue weighted by atomic mass is 9.84. The average molecular weight is 324 g/mol. The van der Waals surface area contributed by atoms with E-state index in [0.717, 1.165) is 16.7 Å². The number of carbonyl (C=O) groups is 1. The van der Waals surface area contributed by atoms with Gasteiger partial charge in [-0.1, -0.05) is 74.2 Å². The standard InChI is InChI=1S/C20H24O2Si/c1-4-18(22-19(21)15(2)3)20(23,16-11-7-5-8-12-16)17-13-9-6-10-14-17/h5-14,18H,2,4H2,1,3,23H3. The van der Waals surface area contributed by atoms with E-state index in [0.29, 0.717) is 5.57 Å². The van der Waals surface area contributed by atoms with Gasteiger partial charge in [0.2, 0.25) is 0 Å². The molecule has 0 N–H and O–H groups in total. The summed E-state index contributed by atoms with van der Waals surface area (Å²) in [7, 11) is 0.831. The topological polar surface area (TPSA) is 26.3 Å². The Morgan fingerprint density at radius 1 is 1.09 bits per heavy atom. The van der Waals surface area contributed by atoms with E-state index in [1.54, 1.807) is 6.92 Å². The van der Waals surface area contributed by atoms with Crippen molar-refractivity contribution in [2.75, 3.05) is 0 Å². The van der Waals surface area contributed by atoms with Gasteiger partial charge < -0.3 is 4.74 Å². The quantitative estimate of drug-likeness (QED) is 0.463. The van der Waals surface area contributed by atoms with Crippen molar-refractivity contribution in [2.24, 2.45) is 0 Å². The molecular formula is C20H24O2Si. The van der Waals surface area contributed by atoms with E-state index in [1.165, 1.54) is 11.1 Å². The van der Waals surface area contributed by atoms with Gasteiger partial charge >= 0.3 is 5.97 Å². The van der Waals surface area contributed by atoms with Gasteiger partial charge in [0, 0.05) is 20.9 Å². The molecule has 0 saturated heterocycles. The predicted octanol–water partition coefficient (Wildman–Crippen LogP) is 3.19. The minimum Gasteiger partial charge on any atom is -0.458 e. The summed E-state index contributed by atoms with van der Waals surface area (Å²) in [4.78, 5) is 12.1. The first-order valence-corrected chi connectivity index (χ1v) is 8.97. The summed E-state index contributed by atoms with van der Waals surface area (Å²) in [6.45, 7) is 7.46. The highest BCUT2D eigenvalue weighted by molar-refractivity contribution is 6.19. The molecule has 0 bridgehead atoms. The van der Waals surface area contributed by atoms with E-state index < -0.39 is 0 Å². The molecule has 120 valence electrons. The van der Waals surface area contributed by atoms with E-state index in [1.807, 2.05) is 36.4 Å². The van der Waals surface area contributed by atoms with Crippen LogP contribution in [0, 0.1) is 0 Å². The number of hydrogen-bond acceptors (Lipinski definition) is 2. The molecule has 0 spiro atoms. The SMILES string of the molecule is C=C(C)C(=O)OC(CC)C([SiH3])(c1ccccc1)c1ccccc1. The molecule has 2 nitrogen and oxygen atoms in total. The molecule has 3 heteroatoms. The smallest absolute Gasteiger partial charge is 0.333 e. The lowest BCUT2D eigenvalue weighted by Gasteiger charge is -2.38. The molecule has 0 aliphatic heterocycles. The molecule has 0 aromatic heterocycles. The van der Waals surface area contributed by atoms with Crippen molar-refractivity contribution in [2.45, 2.75) is 31.4 Å². The maximum atomic E-state index is 12.1. The molecule has 0 aliphatic carbocycles. The van der Waals surface area contributed by atoms with Gasteiger partial charge in [-0.15, -0.1) is 0 Å². The Kier molecular flexibility index (Phi) is 5.56. The zero-order valence-electron chi connectivity index (χ0n) is 14.1. The minimum absolute atomic E-state index is 0.205. The van der Waals surface area contributed by atoms with Crippen LogP contribution in [0.4, 0.5) is 0 Å². The third-order valence-corrected chi connectivity index (χ3v) is 6.16. The second-order valence-electron chi connectivity index (χ2n) is 6.02. The highest BCUT2D eigenvalue weighted by Gasteiger charge is 2.39. The lowest BCUT2D eigenvalue weighted by Crippen LogP contribution is -2.44. The fourth-order valence-electron chi connectivity index (χ4n) is 2.95. The Labute approximate surface area is 141 Å². The maximum Gasteiger partial charge on any atom is 0.333 e. The summed E-state index contributed by atoms with van der Waals surface area (Å²) in [6, 6.07) is 20.7. The van der Waals surface area contributed by atoms with Crippen LogP contribution in [0.1, 0.15) is 31.4 Å². The molecule has 2 aromatic rings. The van der Waals surface area contributed by atoms with E-state index >= 15 is 0 Å². The average Bonchev–Trinajstić information content (AvgIpc) is 2.60. The third kappa shape index (κ3) is 3.62. The van der Waals surface area contributed by atoms with Crippen LogP contribution in [-0.2, 0) is 14.6 Å². The first-order chi connectivity index (χ1) is 11.0. The highest BCUT2D eigenvalue weighted by Crippen LogP contribution is 2.36. The maximum absolute atomic E-state index is 12.1. The molecule has 1 atom stereocenters. The van der Waals surface area contributed by atoms with Gasteiger partial charge in [0.1, 0.15) is 6.10 Å². The molecule has 0 amide bonds. The van der Waals surface area contributed by atoms with Crippen molar-refractivity contribution >= 4 is 16.2 Å². The van der Waals surface area contributed by atoms with Crippen LogP contribution in [-0.4, -0.2) is 22.3 Å². The van der Waals surface area contributed by atoms with Crippen LogP contribution >= 0.6 is 0 Å². The molecule has 23 heavy (non-hydrogen) atoms. The monoisotopic (exact) mass is 324 g/mol. The molecule has 0 aliphatic rings. The number of ether oxygens (including phenoxy) is 1. The van der Waals surface area contributed by atoms with E-state index in [9.17, 15) is 4.79 Å². The Hall–Kier alpha value is -2.13. The summed E-state index contributed by atoms with van der Waals surface area (Å²) in [6.07, 6.45) is 0.551. The van der Waals surface area contributed by atoms with Gasteiger partial charge in [-0.2, -0.15) is 0 Å². The van der Waals surface area contributed by atoms with E-state index in [4.69, 9.17) is 4.74 Å². The Morgan fingerprint density at radius 3 is 1.87 bits per heavy atom. The molecular weight excluding hydrogens is 300 g/mol. The van der Waals surface area contributed by atoms with Gasteiger partial charge in [-0.05, 0) is 24.5 Å². The normalized spacial score (nSPS) is 12.6. The fraction of sp³-hybridized carbons (Fsp3) is 0.250. The van der Waals surface area contributed by atoms with E-state index in [-0.39, 0.29) is 17.1 Å². The van der Waals surface area contributed by atoms with Crippen LogP contribution in [0.25, 0.3) is 0 Å². The van der Waals surface area contributed by atoms with E-state index in [2.05, 4.69) is 37.8 Å². The molecule has 0 saturated carbocycles. The van der Waals surface area contributed by atoms with Gasteiger partial charge in [0.05, 0.1) is 0 Å². The third-order valence-electron chi connectivity index (χ3n) is 4.36.